The maximum absolute atomic E-state index is 6.03. The van der Waals surface area contributed by atoms with Crippen LogP contribution in [0.25, 0.3) is 21.5 Å². The number of benzene rings is 2. The molecule has 0 atom stereocenters. The number of aromatic nitrogens is 3. The number of nitrogens with one attached hydrogen (secondary N) is 1. The molecule has 1 N–H and O–H groups in total. The minimum absolute atomic E-state index is 0.662. The zero-order valence-electron chi connectivity index (χ0n) is 13.2. The summed E-state index contributed by atoms with van der Waals surface area (Å²) in [5.41, 5.74) is 2.74. The highest BCUT2D eigenvalue weighted by molar-refractivity contribution is 7.18. The topological polar surface area (TPSA) is 59.9 Å². The average Bonchev–Trinajstić information content (AvgIpc) is 3.10. The molecule has 0 aliphatic carbocycles. The fourth-order valence-corrected chi connectivity index (χ4v) is 3.40. The van der Waals surface area contributed by atoms with Gasteiger partial charge in [-0.15, -0.1) is 10.2 Å². The number of hydrogen-bond donors (Lipinski definition) is 1. The van der Waals surface area contributed by atoms with E-state index < -0.39 is 0 Å². The van der Waals surface area contributed by atoms with Gasteiger partial charge in [-0.1, -0.05) is 22.9 Å². The molecule has 0 fully saturated rings. The average molecular weight is 369 g/mol. The number of ether oxygens (including phenoxy) is 1. The van der Waals surface area contributed by atoms with Gasteiger partial charge in [-0.25, -0.2) is 0 Å². The van der Waals surface area contributed by atoms with E-state index in [1.165, 1.54) is 11.3 Å². The summed E-state index contributed by atoms with van der Waals surface area (Å²) < 4.78 is 5.18. The fourth-order valence-electron chi connectivity index (χ4n) is 2.47. The molecular weight excluding hydrogens is 356 g/mol. The second kappa shape index (κ2) is 6.66. The van der Waals surface area contributed by atoms with Gasteiger partial charge in [0, 0.05) is 22.2 Å². The molecule has 7 heteroatoms. The summed E-state index contributed by atoms with van der Waals surface area (Å²) in [4.78, 5) is 4.34. The summed E-state index contributed by atoms with van der Waals surface area (Å²) in [5, 5.41) is 15.0. The molecule has 0 spiro atoms. The Morgan fingerprint density at radius 1 is 1.04 bits per heavy atom. The summed E-state index contributed by atoms with van der Waals surface area (Å²) in [6.45, 7) is 0. The normalized spacial score (nSPS) is 10.8. The molecule has 0 bridgehead atoms. The predicted octanol–water partition coefficient (Wildman–Crippen LogP) is 5.16. The van der Waals surface area contributed by atoms with Crippen LogP contribution in [0, 0.1) is 0 Å². The molecule has 5 nitrogen and oxygen atoms in total. The minimum Gasteiger partial charge on any atom is -0.497 e. The lowest BCUT2D eigenvalue weighted by Gasteiger charge is -2.06. The molecule has 0 saturated carbocycles. The van der Waals surface area contributed by atoms with Gasteiger partial charge < -0.3 is 10.1 Å². The van der Waals surface area contributed by atoms with E-state index >= 15 is 0 Å². The molecule has 0 aliphatic rings. The summed E-state index contributed by atoms with van der Waals surface area (Å²) >= 11 is 7.52. The highest BCUT2D eigenvalue weighted by Crippen LogP contribution is 2.31. The van der Waals surface area contributed by atoms with E-state index in [0.29, 0.717) is 10.2 Å². The Morgan fingerprint density at radius 2 is 1.88 bits per heavy atom. The number of nitrogens with zero attached hydrogens (tertiary/aromatic N) is 3. The first kappa shape index (κ1) is 15.8. The summed E-state index contributed by atoms with van der Waals surface area (Å²) in [6.07, 6.45) is 1.74. The Morgan fingerprint density at radius 3 is 2.68 bits per heavy atom. The summed E-state index contributed by atoms with van der Waals surface area (Å²) in [7, 11) is 1.65. The molecule has 124 valence electrons. The van der Waals surface area contributed by atoms with Gasteiger partial charge in [0.25, 0.3) is 0 Å². The Hall–Kier alpha value is -2.70. The molecule has 0 saturated heterocycles. The van der Waals surface area contributed by atoms with Crippen LogP contribution in [-0.2, 0) is 0 Å². The van der Waals surface area contributed by atoms with E-state index in [0.717, 1.165) is 32.9 Å². The zero-order chi connectivity index (χ0) is 17.2. The second-order valence-electron chi connectivity index (χ2n) is 5.29. The van der Waals surface area contributed by atoms with E-state index in [4.69, 9.17) is 16.3 Å². The smallest absolute Gasteiger partial charge is 0.210 e. The van der Waals surface area contributed by atoms with Gasteiger partial charge >= 0.3 is 0 Å². The second-order valence-corrected chi connectivity index (χ2v) is 6.70. The van der Waals surface area contributed by atoms with Crippen molar-refractivity contribution >= 4 is 44.7 Å². The first-order valence-electron chi connectivity index (χ1n) is 7.52. The molecular formula is C18H13ClN4OS. The molecule has 25 heavy (non-hydrogen) atoms. The Bertz CT molecular complexity index is 1030. The number of rotatable bonds is 4. The van der Waals surface area contributed by atoms with Crippen molar-refractivity contribution in [2.45, 2.75) is 0 Å². The van der Waals surface area contributed by atoms with E-state index in [-0.39, 0.29) is 0 Å². The first-order valence-corrected chi connectivity index (χ1v) is 8.71. The van der Waals surface area contributed by atoms with E-state index in [2.05, 4.69) is 20.5 Å². The molecule has 2 heterocycles. The molecule has 0 amide bonds. The van der Waals surface area contributed by atoms with Crippen LogP contribution < -0.4 is 10.1 Å². The Kier molecular flexibility index (Phi) is 4.21. The Balaban J connectivity index is 1.63. The van der Waals surface area contributed by atoms with Gasteiger partial charge in [0.15, 0.2) is 0 Å². The Labute approximate surface area is 153 Å². The summed E-state index contributed by atoms with van der Waals surface area (Å²) in [6, 6.07) is 15.3. The predicted molar refractivity (Wildman–Crippen MR) is 102 cm³/mol. The molecule has 2 aromatic carbocycles. The molecule has 2 aromatic heterocycles. The number of hydrogen-bond acceptors (Lipinski definition) is 6. The molecule has 0 radical (unpaired) electrons. The van der Waals surface area contributed by atoms with E-state index in [1.807, 2.05) is 48.5 Å². The third-order valence-corrected chi connectivity index (χ3v) is 4.83. The molecule has 0 unspecified atom stereocenters. The van der Waals surface area contributed by atoms with Crippen molar-refractivity contribution in [1.82, 2.24) is 15.2 Å². The van der Waals surface area contributed by atoms with Gasteiger partial charge in [0.1, 0.15) is 10.8 Å². The van der Waals surface area contributed by atoms with Crippen LogP contribution >= 0.6 is 22.9 Å². The number of fused-ring (bicyclic) bond motifs is 1. The van der Waals surface area contributed by atoms with Crippen molar-refractivity contribution in [3.05, 3.63) is 59.8 Å². The van der Waals surface area contributed by atoms with Crippen molar-refractivity contribution in [2.75, 3.05) is 12.4 Å². The monoisotopic (exact) mass is 368 g/mol. The fraction of sp³-hybridized carbons (Fsp3) is 0.0556. The van der Waals surface area contributed by atoms with Crippen LogP contribution in [0.3, 0.4) is 0 Å². The van der Waals surface area contributed by atoms with Crippen molar-refractivity contribution < 1.29 is 4.74 Å². The SMILES string of the molecule is COc1ccc(-c2nnc(Nc3ccnc4cc(Cl)ccc34)s2)cc1. The number of pyridine rings is 1. The highest BCUT2D eigenvalue weighted by atomic mass is 35.5. The quantitative estimate of drug-likeness (QED) is 0.539. The lowest BCUT2D eigenvalue weighted by atomic mass is 10.2. The van der Waals surface area contributed by atoms with Gasteiger partial charge in [0.2, 0.25) is 5.13 Å². The van der Waals surface area contributed by atoms with Gasteiger partial charge in [0.05, 0.1) is 18.3 Å². The van der Waals surface area contributed by atoms with Crippen LogP contribution in [0.15, 0.2) is 54.7 Å². The molecule has 4 aromatic rings. The first-order chi connectivity index (χ1) is 12.2. The van der Waals surface area contributed by atoms with Crippen LogP contribution in [0.1, 0.15) is 0 Å². The maximum Gasteiger partial charge on any atom is 0.210 e. The van der Waals surface area contributed by atoms with Gasteiger partial charge in [-0.05, 0) is 48.5 Å². The maximum atomic E-state index is 6.03. The number of anilines is 2. The highest BCUT2D eigenvalue weighted by Gasteiger charge is 2.09. The van der Waals surface area contributed by atoms with Gasteiger partial charge in [-0.2, -0.15) is 0 Å². The lowest BCUT2D eigenvalue weighted by Crippen LogP contribution is -1.92. The summed E-state index contributed by atoms with van der Waals surface area (Å²) in [5.74, 6) is 0.813. The van der Waals surface area contributed by atoms with E-state index in [9.17, 15) is 0 Å². The van der Waals surface area contributed by atoms with E-state index in [1.54, 1.807) is 13.3 Å². The van der Waals surface area contributed by atoms with Crippen molar-refractivity contribution in [3.8, 4) is 16.3 Å². The third-order valence-electron chi connectivity index (χ3n) is 3.71. The third kappa shape index (κ3) is 3.26. The lowest BCUT2D eigenvalue weighted by molar-refractivity contribution is 0.415. The van der Waals surface area contributed by atoms with Crippen molar-refractivity contribution in [2.24, 2.45) is 0 Å². The van der Waals surface area contributed by atoms with Crippen LogP contribution in [0.4, 0.5) is 10.8 Å². The largest absolute Gasteiger partial charge is 0.497 e. The zero-order valence-corrected chi connectivity index (χ0v) is 14.8. The number of halogens is 1. The van der Waals surface area contributed by atoms with Crippen LogP contribution in [0.2, 0.25) is 5.02 Å². The molecule has 4 rings (SSSR count). The van der Waals surface area contributed by atoms with Crippen LogP contribution in [-0.4, -0.2) is 22.3 Å². The molecule has 0 aliphatic heterocycles. The van der Waals surface area contributed by atoms with Crippen molar-refractivity contribution in [3.63, 3.8) is 0 Å². The minimum atomic E-state index is 0.662. The van der Waals surface area contributed by atoms with Crippen LogP contribution in [0.5, 0.6) is 5.75 Å². The number of methoxy groups -OCH3 is 1. The van der Waals surface area contributed by atoms with Gasteiger partial charge in [-0.3, -0.25) is 4.98 Å². The van der Waals surface area contributed by atoms with Crippen molar-refractivity contribution in [1.29, 1.82) is 0 Å². The standard InChI is InChI=1S/C18H13ClN4OS/c1-24-13-5-2-11(3-6-13)17-22-23-18(25-17)21-15-8-9-20-16-10-12(19)4-7-14(15)16/h2-10H,1H3,(H,20,21,23).